The fourth-order valence-corrected chi connectivity index (χ4v) is 5.09. The maximum absolute atomic E-state index is 13.8. The van der Waals surface area contributed by atoms with Gasteiger partial charge in [0, 0.05) is 5.56 Å². The highest BCUT2D eigenvalue weighted by molar-refractivity contribution is 7.92. The van der Waals surface area contributed by atoms with Crippen LogP contribution in [0.25, 0.3) is 0 Å². The summed E-state index contributed by atoms with van der Waals surface area (Å²) in [5.74, 6) is 2.36. The van der Waals surface area contributed by atoms with Crippen molar-refractivity contribution in [3.05, 3.63) is 72.3 Å². The summed E-state index contributed by atoms with van der Waals surface area (Å²) in [7, 11) is 2.25. The van der Waals surface area contributed by atoms with Crippen LogP contribution in [-0.2, 0) is 10.0 Å². The van der Waals surface area contributed by atoms with Crippen LogP contribution in [0.5, 0.6) is 23.0 Å². The average Bonchev–Trinajstić information content (AvgIpc) is 2.83. The van der Waals surface area contributed by atoms with Crippen LogP contribution in [0.2, 0.25) is 0 Å². The fourth-order valence-electron chi connectivity index (χ4n) is 3.45. The van der Waals surface area contributed by atoms with Crippen molar-refractivity contribution in [2.75, 3.05) is 32.7 Å². The third kappa shape index (κ3) is 4.60. The van der Waals surface area contributed by atoms with Crippen LogP contribution in [-0.4, -0.2) is 36.9 Å². The first-order valence-corrected chi connectivity index (χ1v) is 11.3. The molecule has 0 aliphatic heterocycles. The quantitative estimate of drug-likeness (QED) is 0.465. The Labute approximate surface area is 189 Å². The molecule has 0 saturated heterocycles. The molecule has 3 aromatic rings. The standard InChI is InChI=1S/C24H27NO6S/c1-17(23-16-21(30-4)12-15-24(23)31-5)25(18-6-8-19(28-2)9-7-18)32(26,27)22-13-10-20(29-3)11-14-22/h6-17H,1-5H3. The molecule has 7 nitrogen and oxygen atoms in total. The molecule has 32 heavy (non-hydrogen) atoms. The van der Waals surface area contributed by atoms with Crippen LogP contribution in [0, 0.1) is 0 Å². The van der Waals surface area contributed by atoms with Crippen LogP contribution in [0.3, 0.4) is 0 Å². The summed E-state index contributed by atoms with van der Waals surface area (Å²) >= 11 is 0. The Kier molecular flexibility index (Phi) is 7.15. The van der Waals surface area contributed by atoms with E-state index >= 15 is 0 Å². The van der Waals surface area contributed by atoms with Gasteiger partial charge in [0.15, 0.2) is 0 Å². The van der Waals surface area contributed by atoms with Gasteiger partial charge in [-0.2, -0.15) is 0 Å². The van der Waals surface area contributed by atoms with Crippen molar-refractivity contribution in [1.82, 2.24) is 0 Å². The highest BCUT2D eigenvalue weighted by Gasteiger charge is 2.32. The van der Waals surface area contributed by atoms with E-state index in [4.69, 9.17) is 18.9 Å². The second-order valence-electron chi connectivity index (χ2n) is 6.96. The summed E-state index contributed by atoms with van der Waals surface area (Å²) in [6.45, 7) is 1.81. The predicted molar refractivity (Wildman–Crippen MR) is 124 cm³/mol. The van der Waals surface area contributed by atoms with Gasteiger partial charge in [0.05, 0.1) is 45.1 Å². The number of anilines is 1. The van der Waals surface area contributed by atoms with Crippen LogP contribution in [0.15, 0.2) is 71.6 Å². The van der Waals surface area contributed by atoms with Crippen molar-refractivity contribution >= 4 is 15.7 Å². The van der Waals surface area contributed by atoms with E-state index in [1.54, 1.807) is 75.9 Å². The number of rotatable bonds is 9. The van der Waals surface area contributed by atoms with Gasteiger partial charge < -0.3 is 18.9 Å². The first-order valence-electron chi connectivity index (χ1n) is 9.90. The smallest absolute Gasteiger partial charge is 0.264 e. The van der Waals surface area contributed by atoms with Crippen molar-refractivity contribution < 1.29 is 27.4 Å². The van der Waals surface area contributed by atoms with Gasteiger partial charge in [-0.25, -0.2) is 8.42 Å². The van der Waals surface area contributed by atoms with Gasteiger partial charge in [0.1, 0.15) is 23.0 Å². The first-order chi connectivity index (χ1) is 15.3. The number of hydrogen-bond donors (Lipinski definition) is 0. The van der Waals surface area contributed by atoms with Crippen molar-refractivity contribution in [3.8, 4) is 23.0 Å². The normalized spacial score (nSPS) is 12.0. The van der Waals surface area contributed by atoms with Crippen LogP contribution < -0.4 is 23.3 Å². The van der Waals surface area contributed by atoms with E-state index in [0.717, 1.165) is 0 Å². The molecule has 0 aliphatic carbocycles. The van der Waals surface area contributed by atoms with E-state index in [2.05, 4.69) is 0 Å². The van der Waals surface area contributed by atoms with E-state index in [-0.39, 0.29) is 4.90 Å². The first kappa shape index (κ1) is 23.3. The van der Waals surface area contributed by atoms with E-state index in [1.165, 1.54) is 23.5 Å². The molecule has 3 aromatic carbocycles. The summed E-state index contributed by atoms with van der Waals surface area (Å²) < 4.78 is 50.3. The van der Waals surface area contributed by atoms with Crippen LogP contribution in [0.1, 0.15) is 18.5 Å². The molecule has 0 N–H and O–H groups in total. The number of hydrogen-bond acceptors (Lipinski definition) is 6. The maximum Gasteiger partial charge on any atom is 0.264 e. The van der Waals surface area contributed by atoms with Gasteiger partial charge in [-0.3, -0.25) is 4.31 Å². The van der Waals surface area contributed by atoms with E-state index < -0.39 is 16.1 Å². The molecule has 170 valence electrons. The Balaban J connectivity index is 2.18. The molecule has 1 atom stereocenters. The second kappa shape index (κ2) is 9.82. The Bertz CT molecular complexity index is 1140. The molecule has 0 amide bonds. The summed E-state index contributed by atoms with van der Waals surface area (Å²) in [4.78, 5) is 0.142. The van der Waals surface area contributed by atoms with Crippen molar-refractivity contribution in [2.45, 2.75) is 17.9 Å². The van der Waals surface area contributed by atoms with Gasteiger partial charge in [-0.1, -0.05) is 0 Å². The average molecular weight is 458 g/mol. The Hall–Kier alpha value is -3.39. The summed E-state index contributed by atoms with van der Waals surface area (Å²) in [6, 6.07) is 17.9. The number of sulfonamides is 1. The van der Waals surface area contributed by atoms with Crippen molar-refractivity contribution in [1.29, 1.82) is 0 Å². The van der Waals surface area contributed by atoms with Gasteiger partial charge in [-0.05, 0) is 73.7 Å². The van der Waals surface area contributed by atoms with Crippen LogP contribution >= 0.6 is 0 Å². The molecule has 0 saturated carbocycles. The SMILES string of the molecule is COc1ccc(N(C(C)c2cc(OC)ccc2OC)S(=O)(=O)c2ccc(OC)cc2)cc1. The zero-order valence-corrected chi connectivity index (χ0v) is 19.5. The maximum atomic E-state index is 13.8. The molecule has 3 rings (SSSR count). The van der Waals surface area contributed by atoms with E-state index in [9.17, 15) is 8.42 Å². The summed E-state index contributed by atoms with van der Waals surface area (Å²) in [5, 5.41) is 0. The largest absolute Gasteiger partial charge is 0.497 e. The number of methoxy groups -OCH3 is 4. The summed E-state index contributed by atoms with van der Waals surface area (Å²) in [6.07, 6.45) is 0. The molecule has 0 heterocycles. The van der Waals surface area contributed by atoms with Gasteiger partial charge in [0.2, 0.25) is 0 Å². The molecule has 0 bridgehead atoms. The zero-order valence-electron chi connectivity index (χ0n) is 18.7. The zero-order chi connectivity index (χ0) is 23.3. The predicted octanol–water partition coefficient (Wildman–Crippen LogP) is 4.68. The lowest BCUT2D eigenvalue weighted by atomic mass is 10.1. The van der Waals surface area contributed by atoms with Crippen molar-refractivity contribution in [3.63, 3.8) is 0 Å². The summed E-state index contributed by atoms with van der Waals surface area (Å²) in [5.41, 5.74) is 1.15. The molecule has 0 fully saturated rings. The van der Waals surface area contributed by atoms with E-state index in [0.29, 0.717) is 34.2 Å². The van der Waals surface area contributed by atoms with Gasteiger partial charge in [0.25, 0.3) is 10.0 Å². The Morgan fingerprint density at radius 1 is 0.688 bits per heavy atom. The number of ether oxygens (including phenoxy) is 4. The molecular weight excluding hydrogens is 430 g/mol. The second-order valence-corrected chi connectivity index (χ2v) is 8.77. The Morgan fingerprint density at radius 2 is 1.19 bits per heavy atom. The number of nitrogens with zero attached hydrogens (tertiary/aromatic N) is 1. The third-order valence-corrected chi connectivity index (χ3v) is 7.09. The minimum atomic E-state index is -3.95. The van der Waals surface area contributed by atoms with E-state index in [1.807, 2.05) is 6.92 Å². The highest BCUT2D eigenvalue weighted by Crippen LogP contribution is 2.39. The van der Waals surface area contributed by atoms with Gasteiger partial charge in [-0.15, -0.1) is 0 Å². The molecular formula is C24H27NO6S. The molecule has 0 aliphatic rings. The fraction of sp³-hybridized carbons (Fsp3) is 0.250. The Morgan fingerprint density at radius 3 is 1.69 bits per heavy atom. The minimum Gasteiger partial charge on any atom is -0.497 e. The highest BCUT2D eigenvalue weighted by atomic mass is 32.2. The topological polar surface area (TPSA) is 74.3 Å². The lowest BCUT2D eigenvalue weighted by Crippen LogP contribution is -2.34. The lowest BCUT2D eigenvalue weighted by molar-refractivity contribution is 0.396. The molecule has 0 radical (unpaired) electrons. The van der Waals surface area contributed by atoms with Crippen LogP contribution in [0.4, 0.5) is 5.69 Å². The molecule has 0 spiro atoms. The number of benzene rings is 3. The van der Waals surface area contributed by atoms with Crippen molar-refractivity contribution in [2.24, 2.45) is 0 Å². The molecule has 1 unspecified atom stereocenters. The third-order valence-electron chi connectivity index (χ3n) is 5.18. The monoisotopic (exact) mass is 457 g/mol. The minimum absolute atomic E-state index is 0.142. The molecule has 0 aromatic heterocycles. The molecule has 8 heteroatoms. The van der Waals surface area contributed by atoms with Gasteiger partial charge >= 0.3 is 0 Å². The lowest BCUT2D eigenvalue weighted by Gasteiger charge is -2.32.